The van der Waals surface area contributed by atoms with Crippen LogP contribution in [-0.2, 0) is 4.79 Å². The molecule has 0 aliphatic rings. The van der Waals surface area contributed by atoms with Gasteiger partial charge in [-0.1, -0.05) is 52.4 Å². The summed E-state index contributed by atoms with van der Waals surface area (Å²) in [6.07, 6.45) is 11.7. The van der Waals surface area contributed by atoms with Crippen molar-refractivity contribution < 1.29 is 14.4 Å². The fraction of sp³-hybridized carbons (Fsp3) is 0.938. The molecule has 0 aromatic heterocycles. The number of carbonyl (C=O) groups is 1. The van der Waals surface area contributed by atoms with Gasteiger partial charge in [-0.05, 0) is 12.8 Å². The van der Waals surface area contributed by atoms with Crippen LogP contribution in [0.5, 0.6) is 0 Å². The highest BCUT2D eigenvalue weighted by Gasteiger charge is 2.04. The van der Waals surface area contributed by atoms with E-state index in [0.29, 0.717) is 0 Å². The minimum Gasteiger partial charge on any atom is -0.481 e. The minimum absolute atomic E-state index is 0. The number of carboxylic acid groups (broad SMARTS) is 1. The average Bonchev–Trinajstić information content (AvgIpc) is 2.32. The molecular weight excluding hydrogens is 252 g/mol. The Balaban J connectivity index is -0.000000414. The first kappa shape index (κ1) is 24.4. The first-order chi connectivity index (χ1) is 8.83. The normalized spacial score (nSPS) is 10.2. The van der Waals surface area contributed by atoms with Crippen molar-refractivity contribution in [2.75, 3.05) is 27.7 Å². The molecule has 0 aliphatic carbocycles. The van der Waals surface area contributed by atoms with Gasteiger partial charge in [-0.25, -0.2) is 0 Å². The Labute approximate surface area is 126 Å². The molecule has 0 aromatic carbocycles. The number of hydrogen-bond donors (Lipinski definition) is 2. The first-order valence-corrected chi connectivity index (χ1v) is 7.85. The highest BCUT2D eigenvalue weighted by atomic mass is 16.4. The monoisotopic (exact) mass is 291 g/mol. The lowest BCUT2D eigenvalue weighted by Crippen LogP contribution is -2.35. The number of unbranched alkanes of at least 4 members (excludes halogenated alkanes) is 7. The van der Waals surface area contributed by atoms with Crippen LogP contribution in [0.3, 0.4) is 0 Å². The van der Waals surface area contributed by atoms with E-state index in [1.165, 1.54) is 57.9 Å². The van der Waals surface area contributed by atoms with E-state index in [4.69, 9.17) is 5.11 Å². The van der Waals surface area contributed by atoms with Crippen LogP contribution in [0.2, 0.25) is 0 Å². The number of carboxylic acids is 1. The largest absolute Gasteiger partial charge is 0.481 e. The van der Waals surface area contributed by atoms with Crippen molar-refractivity contribution in [1.29, 1.82) is 0 Å². The summed E-state index contributed by atoms with van der Waals surface area (Å²) in [4.78, 5) is 9.37. The van der Waals surface area contributed by atoms with Crippen molar-refractivity contribution in [3.63, 3.8) is 0 Å². The van der Waals surface area contributed by atoms with E-state index in [1.54, 1.807) is 6.92 Å². The maximum atomic E-state index is 9.37. The third kappa shape index (κ3) is 30.4. The van der Waals surface area contributed by atoms with E-state index in [2.05, 4.69) is 28.1 Å². The maximum Gasteiger partial charge on any atom is 0.303 e. The van der Waals surface area contributed by atoms with Crippen molar-refractivity contribution in [2.24, 2.45) is 0 Å². The molecule has 0 saturated heterocycles. The molecule has 0 heterocycles. The van der Waals surface area contributed by atoms with Crippen LogP contribution in [0.1, 0.15) is 71.6 Å². The van der Waals surface area contributed by atoms with Crippen LogP contribution in [0.15, 0.2) is 0 Å². The van der Waals surface area contributed by atoms with Crippen LogP contribution in [-0.4, -0.2) is 43.2 Å². The van der Waals surface area contributed by atoms with Gasteiger partial charge in [-0.2, -0.15) is 0 Å². The van der Waals surface area contributed by atoms with Crippen molar-refractivity contribution in [2.45, 2.75) is 71.6 Å². The predicted octanol–water partition coefficient (Wildman–Crippen LogP) is 4.48. The zero-order valence-corrected chi connectivity index (χ0v) is 14.6. The van der Waals surface area contributed by atoms with Crippen LogP contribution in [0, 0.1) is 0 Å². The van der Waals surface area contributed by atoms with Crippen molar-refractivity contribution in [1.82, 2.24) is 6.15 Å². The Kier molecular flexibility index (Phi) is 20.1. The summed E-state index contributed by atoms with van der Waals surface area (Å²) >= 11 is 0. The van der Waals surface area contributed by atoms with E-state index in [-0.39, 0.29) is 12.6 Å². The fourth-order valence-corrected chi connectivity index (χ4v) is 1.72. The minimum atomic E-state index is -0.745. The molecule has 0 bridgehead atoms. The molecule has 4 nitrogen and oxygen atoms in total. The Morgan fingerprint density at radius 1 is 0.850 bits per heavy atom. The molecule has 0 fully saturated rings. The quantitative estimate of drug-likeness (QED) is 0.460. The first-order valence-electron chi connectivity index (χ1n) is 7.85. The van der Waals surface area contributed by atoms with Crippen molar-refractivity contribution >= 4 is 5.97 Å². The molecule has 0 rings (SSSR count). The molecule has 0 atom stereocenters. The molecular formula is C16H39N2O2+. The van der Waals surface area contributed by atoms with Crippen molar-refractivity contribution in [3.8, 4) is 0 Å². The molecule has 0 aromatic rings. The molecule has 0 saturated carbocycles. The van der Waals surface area contributed by atoms with Crippen LogP contribution >= 0.6 is 0 Å². The lowest BCUT2D eigenvalue weighted by Gasteiger charge is -2.23. The molecule has 20 heavy (non-hydrogen) atoms. The van der Waals surface area contributed by atoms with Crippen molar-refractivity contribution in [3.05, 3.63) is 0 Å². The Morgan fingerprint density at radius 3 is 1.50 bits per heavy atom. The molecule has 0 unspecified atom stereocenters. The SMILES string of the molecule is CCC(=O)O.CCCCCCCCCC[N+](C)(C)C.N. The lowest BCUT2D eigenvalue weighted by molar-refractivity contribution is -0.870. The van der Waals surface area contributed by atoms with Crippen LogP contribution in [0.25, 0.3) is 0 Å². The average molecular weight is 291 g/mol. The molecule has 0 amide bonds. The van der Waals surface area contributed by atoms with Gasteiger partial charge in [-0.3, -0.25) is 4.79 Å². The van der Waals surface area contributed by atoms with E-state index in [1.807, 2.05) is 0 Å². The molecule has 4 heteroatoms. The molecule has 0 radical (unpaired) electrons. The smallest absolute Gasteiger partial charge is 0.303 e. The van der Waals surface area contributed by atoms with Gasteiger partial charge in [0.15, 0.2) is 0 Å². The van der Waals surface area contributed by atoms with Gasteiger partial charge < -0.3 is 15.7 Å². The summed E-state index contributed by atoms with van der Waals surface area (Å²) in [6.45, 7) is 5.21. The second kappa shape index (κ2) is 16.4. The summed E-state index contributed by atoms with van der Waals surface area (Å²) in [7, 11) is 6.84. The van der Waals surface area contributed by atoms with Gasteiger partial charge in [0.25, 0.3) is 0 Å². The van der Waals surface area contributed by atoms with E-state index in [0.717, 1.165) is 4.48 Å². The molecule has 0 spiro atoms. The van der Waals surface area contributed by atoms with Gasteiger partial charge in [0.05, 0.1) is 27.7 Å². The zero-order valence-electron chi connectivity index (χ0n) is 14.6. The summed E-state index contributed by atoms with van der Waals surface area (Å²) in [5.74, 6) is -0.745. The number of aliphatic carboxylic acids is 1. The van der Waals surface area contributed by atoms with E-state index < -0.39 is 5.97 Å². The van der Waals surface area contributed by atoms with Gasteiger partial charge >= 0.3 is 5.97 Å². The second-order valence-corrected chi connectivity index (χ2v) is 6.24. The Bertz CT molecular complexity index is 201. The predicted molar refractivity (Wildman–Crippen MR) is 88.5 cm³/mol. The number of quaternary nitrogens is 1. The number of hydrogen-bond acceptors (Lipinski definition) is 2. The topological polar surface area (TPSA) is 72.3 Å². The van der Waals surface area contributed by atoms with Gasteiger partial charge in [0, 0.05) is 6.42 Å². The fourth-order valence-electron chi connectivity index (χ4n) is 1.72. The van der Waals surface area contributed by atoms with Gasteiger partial charge in [0.2, 0.25) is 0 Å². The summed E-state index contributed by atoms with van der Waals surface area (Å²) in [5, 5.41) is 7.72. The van der Waals surface area contributed by atoms with Crippen LogP contribution in [0.4, 0.5) is 0 Å². The highest BCUT2D eigenvalue weighted by molar-refractivity contribution is 5.66. The Morgan fingerprint density at radius 2 is 1.20 bits per heavy atom. The molecule has 124 valence electrons. The van der Waals surface area contributed by atoms with Crippen LogP contribution < -0.4 is 6.15 Å². The third-order valence-electron chi connectivity index (χ3n) is 2.98. The van der Waals surface area contributed by atoms with E-state index >= 15 is 0 Å². The summed E-state index contributed by atoms with van der Waals surface area (Å²) in [5.41, 5.74) is 0. The summed E-state index contributed by atoms with van der Waals surface area (Å²) < 4.78 is 1.12. The number of rotatable bonds is 10. The van der Waals surface area contributed by atoms with Gasteiger partial charge in [0.1, 0.15) is 0 Å². The molecule has 4 N–H and O–H groups in total. The highest BCUT2D eigenvalue weighted by Crippen LogP contribution is 2.09. The molecule has 0 aliphatic heterocycles. The maximum absolute atomic E-state index is 9.37. The Hall–Kier alpha value is -0.610. The lowest BCUT2D eigenvalue weighted by atomic mass is 10.1. The zero-order chi connectivity index (χ0) is 15.1. The second-order valence-electron chi connectivity index (χ2n) is 6.24. The standard InChI is InChI=1S/C13H30N.C3H6O2.H3N/c1-5-6-7-8-9-10-11-12-13-14(2,3)4;1-2-3(4)5;/h5-13H2,1-4H3;2H2,1H3,(H,4,5);1H3/q+1;;. The van der Waals surface area contributed by atoms with E-state index in [9.17, 15) is 4.79 Å². The number of nitrogens with zero attached hydrogens (tertiary/aromatic N) is 1. The summed E-state index contributed by atoms with van der Waals surface area (Å²) in [6, 6.07) is 0. The third-order valence-corrected chi connectivity index (χ3v) is 2.98. The van der Waals surface area contributed by atoms with Gasteiger partial charge in [-0.15, -0.1) is 0 Å².